The maximum Gasteiger partial charge on any atom is 0.254 e. The highest BCUT2D eigenvalue weighted by Gasteiger charge is 2.22. The fourth-order valence-electron chi connectivity index (χ4n) is 2.29. The summed E-state index contributed by atoms with van der Waals surface area (Å²) in [6.07, 6.45) is 3.65. The smallest absolute Gasteiger partial charge is 0.254 e. The van der Waals surface area contributed by atoms with Crippen molar-refractivity contribution in [2.45, 2.75) is 25.7 Å². The summed E-state index contributed by atoms with van der Waals surface area (Å²) >= 11 is 4.84. The van der Waals surface area contributed by atoms with E-state index in [1.165, 1.54) is 5.56 Å². The Bertz CT molecular complexity index is 459. The Hall–Kier alpha value is -1.42. The van der Waals surface area contributed by atoms with E-state index in [-0.39, 0.29) is 5.91 Å². The highest BCUT2D eigenvalue weighted by atomic mass is 32.1. The summed E-state index contributed by atoms with van der Waals surface area (Å²) in [4.78, 5) is 14.7. The molecule has 1 aliphatic rings. The van der Waals surface area contributed by atoms with Gasteiger partial charge in [0.25, 0.3) is 5.91 Å². The van der Waals surface area contributed by atoms with Gasteiger partial charge < -0.3 is 10.6 Å². The molecular weight excluding hydrogens is 244 g/mol. The van der Waals surface area contributed by atoms with Crippen LogP contribution < -0.4 is 5.73 Å². The number of fused-ring (bicyclic) bond motifs is 1. The lowest BCUT2D eigenvalue weighted by molar-refractivity contribution is 0.0737. The van der Waals surface area contributed by atoms with Crippen molar-refractivity contribution >= 4 is 23.1 Å². The van der Waals surface area contributed by atoms with Crippen molar-refractivity contribution in [2.75, 3.05) is 13.1 Å². The number of carbonyl (C=O) groups excluding carboxylic acids is 1. The van der Waals surface area contributed by atoms with Crippen molar-refractivity contribution in [3.8, 4) is 0 Å². The zero-order chi connectivity index (χ0) is 13.0. The summed E-state index contributed by atoms with van der Waals surface area (Å²) in [5.74, 6) is 0.159. The van der Waals surface area contributed by atoms with E-state index in [9.17, 15) is 4.79 Å². The number of amides is 1. The van der Waals surface area contributed by atoms with Crippen LogP contribution in [0.2, 0.25) is 0 Å². The minimum absolute atomic E-state index is 0.159. The summed E-state index contributed by atoms with van der Waals surface area (Å²) in [6, 6.07) is 7.87. The molecule has 4 heteroatoms. The van der Waals surface area contributed by atoms with Crippen LogP contribution >= 0.6 is 12.2 Å². The van der Waals surface area contributed by atoms with Gasteiger partial charge >= 0.3 is 0 Å². The summed E-state index contributed by atoms with van der Waals surface area (Å²) in [7, 11) is 0. The van der Waals surface area contributed by atoms with Gasteiger partial charge in [-0.3, -0.25) is 4.79 Å². The van der Waals surface area contributed by atoms with Crippen LogP contribution in [0.25, 0.3) is 0 Å². The molecule has 0 saturated heterocycles. The van der Waals surface area contributed by atoms with Gasteiger partial charge in [-0.2, -0.15) is 0 Å². The highest BCUT2D eigenvalue weighted by Crippen LogP contribution is 2.18. The van der Waals surface area contributed by atoms with Gasteiger partial charge in [0.05, 0.1) is 4.99 Å². The Kier molecular flexibility index (Phi) is 4.31. The highest BCUT2D eigenvalue weighted by molar-refractivity contribution is 7.80. The summed E-state index contributed by atoms with van der Waals surface area (Å²) in [5, 5.41) is 0. The van der Waals surface area contributed by atoms with Gasteiger partial charge in [0, 0.05) is 18.7 Å². The van der Waals surface area contributed by atoms with Gasteiger partial charge in [0.2, 0.25) is 0 Å². The minimum atomic E-state index is 0.159. The number of benzene rings is 1. The predicted octanol–water partition coefficient (Wildman–Crippen LogP) is 2.14. The number of thiocarbonyl (C=S) groups is 1. The SMILES string of the molecule is NC(=S)CCCCN1CCc2ccccc2C1=O. The summed E-state index contributed by atoms with van der Waals surface area (Å²) in [6.45, 7) is 1.62. The predicted molar refractivity (Wildman–Crippen MR) is 76.7 cm³/mol. The molecule has 18 heavy (non-hydrogen) atoms. The Morgan fingerprint density at radius 1 is 1.33 bits per heavy atom. The third-order valence-corrected chi connectivity index (χ3v) is 3.49. The third kappa shape index (κ3) is 3.07. The lowest BCUT2D eigenvalue weighted by atomic mass is 9.99. The summed E-state index contributed by atoms with van der Waals surface area (Å²) in [5.41, 5.74) is 7.48. The molecule has 2 rings (SSSR count). The molecule has 0 saturated carbocycles. The number of carbonyl (C=O) groups is 1. The zero-order valence-electron chi connectivity index (χ0n) is 10.4. The molecule has 0 bridgehead atoms. The van der Waals surface area contributed by atoms with Crippen molar-refractivity contribution in [1.29, 1.82) is 0 Å². The number of nitrogens with two attached hydrogens (primary N) is 1. The number of unbranched alkanes of at least 4 members (excludes halogenated alkanes) is 1. The van der Waals surface area contributed by atoms with Crippen molar-refractivity contribution in [2.24, 2.45) is 5.73 Å². The van der Waals surface area contributed by atoms with Crippen LogP contribution in [0.3, 0.4) is 0 Å². The number of rotatable bonds is 5. The van der Waals surface area contributed by atoms with Gasteiger partial charge in [-0.05, 0) is 37.3 Å². The number of hydrogen-bond acceptors (Lipinski definition) is 2. The van der Waals surface area contributed by atoms with Crippen LogP contribution in [-0.2, 0) is 6.42 Å². The Balaban J connectivity index is 1.89. The molecule has 0 aromatic heterocycles. The minimum Gasteiger partial charge on any atom is -0.393 e. The van der Waals surface area contributed by atoms with Gasteiger partial charge in [0.15, 0.2) is 0 Å². The number of hydrogen-bond donors (Lipinski definition) is 1. The zero-order valence-corrected chi connectivity index (χ0v) is 11.2. The van der Waals surface area contributed by atoms with E-state index in [1.807, 2.05) is 29.2 Å². The average Bonchev–Trinajstić information content (AvgIpc) is 2.37. The van der Waals surface area contributed by atoms with E-state index >= 15 is 0 Å². The second kappa shape index (κ2) is 5.96. The van der Waals surface area contributed by atoms with Crippen molar-refractivity contribution < 1.29 is 4.79 Å². The van der Waals surface area contributed by atoms with Crippen LogP contribution in [0.5, 0.6) is 0 Å². The maximum atomic E-state index is 12.2. The molecule has 2 N–H and O–H groups in total. The van der Waals surface area contributed by atoms with E-state index in [4.69, 9.17) is 18.0 Å². The molecule has 3 nitrogen and oxygen atoms in total. The first-order valence-corrected chi connectivity index (χ1v) is 6.75. The van der Waals surface area contributed by atoms with Crippen LogP contribution in [0.15, 0.2) is 24.3 Å². The van der Waals surface area contributed by atoms with Crippen LogP contribution in [-0.4, -0.2) is 28.9 Å². The second-order valence-electron chi connectivity index (χ2n) is 4.62. The van der Waals surface area contributed by atoms with Gasteiger partial charge in [-0.15, -0.1) is 0 Å². The molecule has 0 spiro atoms. The normalized spacial score (nSPS) is 14.4. The first-order chi connectivity index (χ1) is 8.68. The van der Waals surface area contributed by atoms with E-state index in [0.29, 0.717) is 4.99 Å². The first-order valence-electron chi connectivity index (χ1n) is 6.34. The average molecular weight is 262 g/mol. The van der Waals surface area contributed by atoms with Gasteiger partial charge in [-0.1, -0.05) is 30.4 Å². The lowest BCUT2D eigenvalue weighted by Gasteiger charge is -2.28. The third-order valence-electron chi connectivity index (χ3n) is 3.29. The molecule has 0 unspecified atom stereocenters. The largest absolute Gasteiger partial charge is 0.393 e. The van der Waals surface area contributed by atoms with Crippen molar-refractivity contribution in [3.63, 3.8) is 0 Å². The van der Waals surface area contributed by atoms with Crippen molar-refractivity contribution in [3.05, 3.63) is 35.4 Å². The van der Waals surface area contributed by atoms with Crippen LogP contribution in [0, 0.1) is 0 Å². The fraction of sp³-hybridized carbons (Fsp3) is 0.429. The molecular formula is C14H18N2OS. The Morgan fingerprint density at radius 3 is 2.89 bits per heavy atom. The molecule has 1 aromatic carbocycles. The monoisotopic (exact) mass is 262 g/mol. The quantitative estimate of drug-likeness (QED) is 0.653. The molecule has 0 fully saturated rings. The van der Waals surface area contributed by atoms with E-state index in [2.05, 4.69) is 0 Å². The Labute approximate surface area is 113 Å². The molecule has 96 valence electrons. The van der Waals surface area contributed by atoms with Gasteiger partial charge in [0.1, 0.15) is 0 Å². The molecule has 1 amide bonds. The number of nitrogens with zero attached hydrogens (tertiary/aromatic N) is 1. The summed E-state index contributed by atoms with van der Waals surface area (Å²) < 4.78 is 0. The first kappa shape index (κ1) is 13.0. The van der Waals surface area contributed by atoms with Gasteiger partial charge in [-0.25, -0.2) is 0 Å². The molecule has 0 aliphatic carbocycles. The van der Waals surface area contributed by atoms with E-state index < -0.39 is 0 Å². The van der Waals surface area contributed by atoms with Crippen LogP contribution in [0.1, 0.15) is 35.2 Å². The molecule has 1 heterocycles. The standard InChI is InChI=1S/C14H18N2OS/c15-13(18)7-3-4-9-16-10-8-11-5-1-2-6-12(11)14(16)17/h1-2,5-6H,3-4,7-10H2,(H2,15,18). The van der Waals surface area contributed by atoms with E-state index in [0.717, 1.165) is 44.3 Å². The fourth-order valence-corrected chi connectivity index (χ4v) is 2.43. The second-order valence-corrected chi connectivity index (χ2v) is 5.15. The van der Waals surface area contributed by atoms with Crippen molar-refractivity contribution in [1.82, 2.24) is 4.90 Å². The van der Waals surface area contributed by atoms with Crippen LogP contribution in [0.4, 0.5) is 0 Å². The Morgan fingerprint density at radius 2 is 2.11 bits per heavy atom. The molecule has 0 radical (unpaired) electrons. The molecule has 1 aromatic rings. The van der Waals surface area contributed by atoms with E-state index in [1.54, 1.807) is 0 Å². The lowest BCUT2D eigenvalue weighted by Crippen LogP contribution is -2.38. The topological polar surface area (TPSA) is 46.3 Å². The molecule has 0 atom stereocenters. The molecule has 1 aliphatic heterocycles. The maximum absolute atomic E-state index is 12.2.